The summed E-state index contributed by atoms with van der Waals surface area (Å²) in [4.78, 5) is 4.66. The molecule has 0 aromatic carbocycles. The molecule has 1 aromatic rings. The number of ether oxygens (including phenoxy) is 1. The van der Waals surface area contributed by atoms with E-state index in [1.54, 1.807) is 7.11 Å². The molecule has 2 rings (SSSR count). The van der Waals surface area contributed by atoms with Crippen LogP contribution >= 0.6 is 0 Å². The first-order valence-corrected chi connectivity index (χ1v) is 7.66. The Bertz CT molecular complexity index is 421. The minimum Gasteiger partial charge on any atom is -0.370 e. The molecule has 2 atom stereocenters. The highest BCUT2D eigenvalue weighted by Gasteiger charge is 2.44. The van der Waals surface area contributed by atoms with Crippen molar-refractivity contribution in [3.05, 3.63) is 11.7 Å². The summed E-state index contributed by atoms with van der Waals surface area (Å²) in [6.45, 7) is 9.61. The molecule has 2 unspecified atom stereocenters. The van der Waals surface area contributed by atoms with E-state index in [-0.39, 0.29) is 11.5 Å². The van der Waals surface area contributed by atoms with Gasteiger partial charge in [-0.25, -0.2) is 0 Å². The molecule has 1 fully saturated rings. The zero-order chi connectivity index (χ0) is 14.8. The molecule has 0 aliphatic heterocycles. The van der Waals surface area contributed by atoms with Gasteiger partial charge in [-0.1, -0.05) is 25.9 Å². The molecule has 0 amide bonds. The monoisotopic (exact) mass is 281 g/mol. The number of rotatable bonds is 7. The highest BCUT2D eigenvalue weighted by molar-refractivity contribution is 5.09. The fourth-order valence-corrected chi connectivity index (χ4v) is 3.10. The highest BCUT2D eigenvalue weighted by atomic mass is 16.5. The van der Waals surface area contributed by atoms with Gasteiger partial charge in [0.1, 0.15) is 5.60 Å². The molecule has 114 valence electrons. The van der Waals surface area contributed by atoms with E-state index in [1.807, 2.05) is 0 Å². The van der Waals surface area contributed by atoms with Gasteiger partial charge in [-0.05, 0) is 38.6 Å². The van der Waals surface area contributed by atoms with Crippen LogP contribution in [0.3, 0.4) is 0 Å². The molecule has 1 aliphatic rings. The lowest BCUT2D eigenvalue weighted by Crippen LogP contribution is -2.37. The third-order valence-electron chi connectivity index (χ3n) is 4.47. The summed E-state index contributed by atoms with van der Waals surface area (Å²) in [5.41, 5.74) is -0.301. The number of nitrogens with zero attached hydrogens (tertiary/aromatic N) is 2. The quantitative estimate of drug-likeness (QED) is 0.832. The molecule has 1 N–H and O–H groups in total. The van der Waals surface area contributed by atoms with Crippen LogP contribution < -0.4 is 5.32 Å². The summed E-state index contributed by atoms with van der Waals surface area (Å²) in [6.07, 6.45) is 3.13. The van der Waals surface area contributed by atoms with E-state index in [0.29, 0.717) is 12.0 Å². The van der Waals surface area contributed by atoms with Crippen LogP contribution in [0.1, 0.15) is 64.6 Å². The van der Waals surface area contributed by atoms with Crippen LogP contribution in [0.15, 0.2) is 4.52 Å². The first-order chi connectivity index (χ1) is 9.54. The molecular weight excluding hydrogens is 254 g/mol. The summed E-state index contributed by atoms with van der Waals surface area (Å²) < 4.78 is 11.2. The largest absolute Gasteiger partial charge is 0.370 e. The van der Waals surface area contributed by atoms with Crippen molar-refractivity contribution >= 4 is 0 Å². The summed E-state index contributed by atoms with van der Waals surface area (Å²) in [5.74, 6) is 2.12. The maximum Gasteiger partial charge on any atom is 0.231 e. The zero-order valence-electron chi connectivity index (χ0n) is 13.3. The van der Waals surface area contributed by atoms with E-state index in [2.05, 4.69) is 43.2 Å². The average Bonchev–Trinajstić information content (AvgIpc) is 2.78. The molecule has 1 aromatic heterocycles. The van der Waals surface area contributed by atoms with Gasteiger partial charge < -0.3 is 14.6 Å². The second kappa shape index (κ2) is 6.22. The molecule has 0 saturated heterocycles. The van der Waals surface area contributed by atoms with E-state index in [0.717, 1.165) is 31.1 Å². The minimum atomic E-state index is -0.301. The van der Waals surface area contributed by atoms with E-state index in [1.165, 1.54) is 6.42 Å². The van der Waals surface area contributed by atoms with Crippen LogP contribution in [0, 0.1) is 5.92 Å². The predicted octanol–water partition coefficient (Wildman–Crippen LogP) is 2.83. The number of likely N-dealkylation sites (N-methyl/N-ethyl adjacent to an activating group) is 1. The van der Waals surface area contributed by atoms with Gasteiger partial charge in [0.25, 0.3) is 0 Å². The van der Waals surface area contributed by atoms with Crippen LogP contribution in [-0.2, 0) is 10.3 Å². The third kappa shape index (κ3) is 2.74. The van der Waals surface area contributed by atoms with Crippen molar-refractivity contribution in [2.75, 3.05) is 13.7 Å². The SMILES string of the molecule is CCNC(C)C(c1nc(C2(OC)CCC2)no1)C(C)C. The topological polar surface area (TPSA) is 60.2 Å². The van der Waals surface area contributed by atoms with Crippen molar-refractivity contribution in [3.8, 4) is 0 Å². The number of nitrogens with one attached hydrogen (secondary N) is 1. The maximum atomic E-state index is 5.62. The normalized spacial score (nSPS) is 20.7. The standard InChI is InChI=1S/C15H27N3O2/c1-6-16-11(4)12(10(2)3)13-17-14(18-20-13)15(19-5)8-7-9-15/h10-12,16H,6-9H2,1-5H3. The summed E-state index contributed by atoms with van der Waals surface area (Å²) in [6, 6.07) is 0.313. The van der Waals surface area contributed by atoms with Gasteiger partial charge in [0.2, 0.25) is 11.7 Å². The third-order valence-corrected chi connectivity index (χ3v) is 4.47. The fourth-order valence-electron chi connectivity index (χ4n) is 3.10. The van der Waals surface area contributed by atoms with Gasteiger partial charge in [0, 0.05) is 13.2 Å². The van der Waals surface area contributed by atoms with Crippen molar-refractivity contribution in [1.29, 1.82) is 0 Å². The lowest BCUT2D eigenvalue weighted by molar-refractivity contribution is -0.0858. The second-order valence-electron chi connectivity index (χ2n) is 6.12. The molecule has 1 saturated carbocycles. The minimum absolute atomic E-state index is 0.227. The second-order valence-corrected chi connectivity index (χ2v) is 6.12. The molecule has 0 radical (unpaired) electrons. The zero-order valence-corrected chi connectivity index (χ0v) is 13.3. The number of aromatic nitrogens is 2. The smallest absolute Gasteiger partial charge is 0.231 e. The number of hydrogen-bond acceptors (Lipinski definition) is 5. The van der Waals surface area contributed by atoms with Crippen LogP contribution in [0.2, 0.25) is 0 Å². The lowest BCUT2D eigenvalue weighted by atomic mass is 9.79. The van der Waals surface area contributed by atoms with Crippen LogP contribution in [0.4, 0.5) is 0 Å². The Morgan fingerprint density at radius 2 is 2.05 bits per heavy atom. The van der Waals surface area contributed by atoms with Crippen molar-refractivity contribution in [2.24, 2.45) is 5.92 Å². The molecule has 1 aliphatic carbocycles. The van der Waals surface area contributed by atoms with Gasteiger partial charge in [-0.15, -0.1) is 0 Å². The van der Waals surface area contributed by atoms with Gasteiger partial charge in [0.05, 0.1) is 5.92 Å². The van der Waals surface area contributed by atoms with E-state index < -0.39 is 0 Å². The number of methoxy groups -OCH3 is 1. The summed E-state index contributed by atoms with van der Waals surface area (Å²) in [5, 5.41) is 7.64. The van der Waals surface area contributed by atoms with Gasteiger partial charge in [-0.3, -0.25) is 0 Å². The van der Waals surface area contributed by atoms with E-state index in [4.69, 9.17) is 9.26 Å². The van der Waals surface area contributed by atoms with Crippen LogP contribution in [0.25, 0.3) is 0 Å². The number of hydrogen-bond donors (Lipinski definition) is 1. The van der Waals surface area contributed by atoms with Crippen molar-refractivity contribution in [2.45, 2.75) is 64.5 Å². The molecule has 5 nitrogen and oxygen atoms in total. The molecule has 1 heterocycles. The molecular formula is C15H27N3O2. The fraction of sp³-hybridized carbons (Fsp3) is 0.867. The molecule has 0 bridgehead atoms. The summed E-state index contributed by atoms with van der Waals surface area (Å²) in [7, 11) is 1.73. The predicted molar refractivity (Wildman–Crippen MR) is 77.6 cm³/mol. The van der Waals surface area contributed by atoms with E-state index >= 15 is 0 Å². The Balaban J connectivity index is 2.20. The Labute approximate surface area is 121 Å². The van der Waals surface area contributed by atoms with Crippen molar-refractivity contribution < 1.29 is 9.26 Å². The van der Waals surface area contributed by atoms with Crippen molar-refractivity contribution in [3.63, 3.8) is 0 Å². The first-order valence-electron chi connectivity index (χ1n) is 7.66. The Morgan fingerprint density at radius 1 is 1.35 bits per heavy atom. The van der Waals surface area contributed by atoms with Crippen molar-refractivity contribution in [1.82, 2.24) is 15.5 Å². The molecule has 20 heavy (non-hydrogen) atoms. The van der Waals surface area contributed by atoms with Gasteiger partial charge in [-0.2, -0.15) is 4.98 Å². The Kier molecular flexibility index (Phi) is 4.81. The average molecular weight is 281 g/mol. The Hall–Kier alpha value is -0.940. The van der Waals surface area contributed by atoms with Crippen LogP contribution in [0.5, 0.6) is 0 Å². The summed E-state index contributed by atoms with van der Waals surface area (Å²) >= 11 is 0. The van der Waals surface area contributed by atoms with Gasteiger partial charge >= 0.3 is 0 Å². The van der Waals surface area contributed by atoms with Crippen LogP contribution in [-0.4, -0.2) is 29.8 Å². The Morgan fingerprint density at radius 3 is 2.50 bits per heavy atom. The molecule has 0 spiro atoms. The van der Waals surface area contributed by atoms with E-state index in [9.17, 15) is 0 Å². The highest BCUT2D eigenvalue weighted by Crippen LogP contribution is 2.43. The maximum absolute atomic E-state index is 5.62. The lowest BCUT2D eigenvalue weighted by Gasteiger charge is -2.37. The first kappa shape index (κ1) is 15.4. The van der Waals surface area contributed by atoms with Gasteiger partial charge in [0.15, 0.2) is 0 Å². The molecule has 5 heteroatoms.